The summed E-state index contributed by atoms with van der Waals surface area (Å²) in [5.41, 5.74) is 2.86. The van der Waals surface area contributed by atoms with E-state index in [1.54, 1.807) is 0 Å². The molecular weight excluding hydrogens is 208 g/mol. The largest absolute Gasteiger partial charge is 0.313 e. The fourth-order valence-electron chi connectivity index (χ4n) is 2.94. The second-order valence-electron chi connectivity index (χ2n) is 5.18. The number of aryl methyl sites for hydroxylation is 1. The van der Waals surface area contributed by atoms with Crippen LogP contribution in [0.4, 0.5) is 0 Å². The van der Waals surface area contributed by atoms with Crippen LogP contribution in [-0.2, 0) is 0 Å². The number of nitrogens with zero attached hydrogens (tertiary/aromatic N) is 1. The fraction of sp³-hybridized carbons (Fsp3) is 0.667. The summed E-state index contributed by atoms with van der Waals surface area (Å²) >= 11 is 0. The van der Waals surface area contributed by atoms with Gasteiger partial charge in [0.25, 0.3) is 0 Å². The smallest absolute Gasteiger partial charge is 0.0305 e. The van der Waals surface area contributed by atoms with Crippen LogP contribution in [0.3, 0.4) is 0 Å². The minimum Gasteiger partial charge on any atom is -0.313 e. The van der Waals surface area contributed by atoms with E-state index in [9.17, 15) is 0 Å². The fourth-order valence-corrected chi connectivity index (χ4v) is 2.94. The van der Waals surface area contributed by atoms with Crippen molar-refractivity contribution >= 4 is 0 Å². The number of aromatic nitrogens is 1. The molecule has 2 atom stereocenters. The molecule has 0 amide bonds. The van der Waals surface area contributed by atoms with Crippen molar-refractivity contribution in [2.24, 2.45) is 0 Å². The second-order valence-corrected chi connectivity index (χ2v) is 5.18. The standard InChI is InChI=1S/C15H24N2/c1-3-9-17-15-7-5-4-6-13(15)14-11-16-10-8-12(14)2/h8,10-11,13,15,17H,3-7,9H2,1-2H3. The molecule has 1 heterocycles. The zero-order valence-electron chi connectivity index (χ0n) is 11.1. The first-order valence-electron chi connectivity index (χ1n) is 6.96. The second kappa shape index (κ2) is 6.15. The maximum absolute atomic E-state index is 4.31. The van der Waals surface area contributed by atoms with Crippen molar-refractivity contribution in [3.8, 4) is 0 Å². The first kappa shape index (κ1) is 12.6. The summed E-state index contributed by atoms with van der Waals surface area (Å²) in [6, 6.07) is 2.80. The van der Waals surface area contributed by atoms with Gasteiger partial charge in [-0.25, -0.2) is 0 Å². The molecule has 1 aliphatic carbocycles. The van der Waals surface area contributed by atoms with E-state index in [1.807, 2.05) is 6.20 Å². The van der Waals surface area contributed by atoms with Gasteiger partial charge in [0.2, 0.25) is 0 Å². The lowest BCUT2D eigenvalue weighted by molar-refractivity contribution is 0.327. The average molecular weight is 232 g/mol. The minimum absolute atomic E-state index is 0.659. The van der Waals surface area contributed by atoms with Crippen molar-refractivity contribution in [2.45, 2.75) is 57.9 Å². The summed E-state index contributed by atoms with van der Waals surface area (Å²) in [6.45, 7) is 5.59. The molecule has 1 aliphatic rings. The van der Waals surface area contributed by atoms with E-state index in [-0.39, 0.29) is 0 Å². The van der Waals surface area contributed by atoms with E-state index in [0.29, 0.717) is 12.0 Å². The van der Waals surface area contributed by atoms with Crippen molar-refractivity contribution in [2.75, 3.05) is 6.54 Å². The highest BCUT2D eigenvalue weighted by Gasteiger charge is 2.26. The lowest BCUT2D eigenvalue weighted by Crippen LogP contribution is -2.37. The van der Waals surface area contributed by atoms with Gasteiger partial charge in [0.1, 0.15) is 0 Å². The molecule has 17 heavy (non-hydrogen) atoms. The molecule has 0 saturated heterocycles. The lowest BCUT2D eigenvalue weighted by atomic mass is 9.79. The van der Waals surface area contributed by atoms with E-state index in [1.165, 1.54) is 43.2 Å². The maximum Gasteiger partial charge on any atom is 0.0305 e. The average Bonchev–Trinajstić information content (AvgIpc) is 2.37. The number of nitrogens with one attached hydrogen (secondary N) is 1. The molecule has 2 nitrogen and oxygen atoms in total. The first-order chi connectivity index (χ1) is 8.33. The van der Waals surface area contributed by atoms with Crippen molar-refractivity contribution in [3.05, 3.63) is 29.6 Å². The highest BCUT2D eigenvalue weighted by molar-refractivity contribution is 5.27. The zero-order valence-corrected chi connectivity index (χ0v) is 11.1. The normalized spacial score (nSPS) is 24.8. The molecule has 1 saturated carbocycles. The van der Waals surface area contributed by atoms with Crippen LogP contribution in [0.15, 0.2) is 18.5 Å². The highest BCUT2D eigenvalue weighted by atomic mass is 14.9. The van der Waals surface area contributed by atoms with Crippen LogP contribution in [0.5, 0.6) is 0 Å². The molecule has 0 bridgehead atoms. The van der Waals surface area contributed by atoms with Gasteiger partial charge in [-0.15, -0.1) is 0 Å². The number of hydrogen-bond donors (Lipinski definition) is 1. The van der Waals surface area contributed by atoms with Gasteiger partial charge in [-0.05, 0) is 49.9 Å². The van der Waals surface area contributed by atoms with Crippen molar-refractivity contribution < 1.29 is 0 Å². The summed E-state index contributed by atoms with van der Waals surface area (Å²) < 4.78 is 0. The van der Waals surface area contributed by atoms with Crippen LogP contribution in [-0.4, -0.2) is 17.6 Å². The van der Waals surface area contributed by atoms with Gasteiger partial charge < -0.3 is 5.32 Å². The predicted octanol–water partition coefficient (Wildman–Crippen LogP) is 3.42. The van der Waals surface area contributed by atoms with Crippen molar-refractivity contribution in [1.29, 1.82) is 0 Å². The summed E-state index contributed by atoms with van der Waals surface area (Å²) in [7, 11) is 0. The Morgan fingerprint density at radius 1 is 1.35 bits per heavy atom. The highest BCUT2D eigenvalue weighted by Crippen LogP contribution is 2.34. The Labute approximate surface area is 105 Å². The van der Waals surface area contributed by atoms with E-state index in [2.05, 4.69) is 36.4 Å². The maximum atomic E-state index is 4.31. The van der Waals surface area contributed by atoms with Crippen LogP contribution in [0.1, 0.15) is 56.1 Å². The van der Waals surface area contributed by atoms with Gasteiger partial charge >= 0.3 is 0 Å². The lowest BCUT2D eigenvalue weighted by Gasteiger charge is -2.33. The Balaban J connectivity index is 2.13. The Bertz CT molecular complexity index is 349. The molecule has 2 rings (SSSR count). The van der Waals surface area contributed by atoms with Gasteiger partial charge in [-0.3, -0.25) is 4.98 Å². The molecule has 1 aromatic heterocycles. The zero-order chi connectivity index (χ0) is 12.1. The van der Waals surface area contributed by atoms with Gasteiger partial charge in [0, 0.05) is 24.4 Å². The summed E-state index contributed by atoms with van der Waals surface area (Å²) in [5, 5.41) is 3.72. The number of rotatable bonds is 4. The third kappa shape index (κ3) is 3.06. The van der Waals surface area contributed by atoms with Crippen molar-refractivity contribution in [3.63, 3.8) is 0 Å². The topological polar surface area (TPSA) is 24.9 Å². The van der Waals surface area contributed by atoms with Crippen LogP contribution >= 0.6 is 0 Å². The summed E-state index contributed by atoms with van der Waals surface area (Å²) in [5.74, 6) is 0.670. The Kier molecular flexibility index (Phi) is 4.55. The molecule has 94 valence electrons. The predicted molar refractivity (Wildman–Crippen MR) is 72.3 cm³/mol. The SMILES string of the molecule is CCCNC1CCCCC1c1cnccc1C. The Morgan fingerprint density at radius 2 is 2.18 bits per heavy atom. The van der Waals surface area contributed by atoms with Gasteiger partial charge in [-0.1, -0.05) is 19.8 Å². The molecule has 0 aliphatic heterocycles. The molecule has 2 unspecified atom stereocenters. The Hall–Kier alpha value is -0.890. The van der Waals surface area contributed by atoms with Crippen LogP contribution < -0.4 is 5.32 Å². The molecule has 1 fully saturated rings. The molecule has 0 radical (unpaired) electrons. The van der Waals surface area contributed by atoms with Gasteiger partial charge in [0.15, 0.2) is 0 Å². The quantitative estimate of drug-likeness (QED) is 0.860. The van der Waals surface area contributed by atoms with Crippen molar-refractivity contribution in [1.82, 2.24) is 10.3 Å². The Morgan fingerprint density at radius 3 is 2.94 bits per heavy atom. The minimum atomic E-state index is 0.659. The molecule has 0 spiro atoms. The molecule has 0 aromatic carbocycles. The van der Waals surface area contributed by atoms with Crippen LogP contribution in [0.25, 0.3) is 0 Å². The summed E-state index contributed by atoms with van der Waals surface area (Å²) in [6.07, 6.45) is 10.6. The monoisotopic (exact) mass is 232 g/mol. The number of hydrogen-bond acceptors (Lipinski definition) is 2. The first-order valence-corrected chi connectivity index (χ1v) is 6.96. The van der Waals surface area contributed by atoms with Gasteiger partial charge in [0.05, 0.1) is 0 Å². The van der Waals surface area contributed by atoms with Crippen LogP contribution in [0, 0.1) is 6.92 Å². The number of pyridine rings is 1. The third-order valence-corrected chi connectivity index (χ3v) is 3.90. The van der Waals surface area contributed by atoms with E-state index >= 15 is 0 Å². The molecular formula is C15H24N2. The molecule has 1 aromatic rings. The summed E-state index contributed by atoms with van der Waals surface area (Å²) in [4.78, 5) is 4.31. The van der Waals surface area contributed by atoms with Gasteiger partial charge in [-0.2, -0.15) is 0 Å². The molecule has 2 heteroatoms. The molecule has 1 N–H and O–H groups in total. The third-order valence-electron chi connectivity index (χ3n) is 3.90. The van der Waals surface area contributed by atoms with E-state index in [4.69, 9.17) is 0 Å². The van der Waals surface area contributed by atoms with E-state index in [0.717, 1.165) is 6.54 Å². The van der Waals surface area contributed by atoms with E-state index < -0.39 is 0 Å². The van der Waals surface area contributed by atoms with Crippen LogP contribution in [0.2, 0.25) is 0 Å².